The summed E-state index contributed by atoms with van der Waals surface area (Å²) in [7, 11) is -3.76. The number of hydrogen-bond acceptors (Lipinski definition) is 4. The number of rotatable bonds is 11. The fraction of sp³-hybridized carbons (Fsp3) is 0.294. The van der Waals surface area contributed by atoms with Crippen LogP contribution in [0, 0.1) is 12.7 Å². The van der Waals surface area contributed by atoms with Crippen molar-refractivity contribution in [1.29, 1.82) is 0 Å². The van der Waals surface area contributed by atoms with Crippen LogP contribution >= 0.6 is 48.0 Å². The molecule has 4 aromatic rings. The molecule has 242 valence electrons. The molecular formula is C34H38Cl4FN3O2S. The average molecular weight is 714 g/mol. The molecule has 0 aromatic heterocycles. The second-order valence-electron chi connectivity index (χ2n) is 11.1. The fourth-order valence-corrected chi connectivity index (χ4v) is 7.14. The molecule has 0 saturated carbocycles. The molecule has 45 heavy (non-hydrogen) atoms. The SMILES string of the molecule is Cc1ccc(S(=O)(=O)NCC(CCCN2CCN(c3ccc(F)cc3)CC2)(c2ccc(Cl)cc2)c2ccc(Cl)cc2)cc1.Cl.Cl. The Morgan fingerprint density at radius 3 is 1.78 bits per heavy atom. The van der Waals surface area contributed by atoms with Gasteiger partial charge in [-0.2, -0.15) is 0 Å². The Hall–Kier alpha value is -2.36. The van der Waals surface area contributed by atoms with E-state index in [1.54, 1.807) is 24.3 Å². The van der Waals surface area contributed by atoms with Gasteiger partial charge in [0.25, 0.3) is 0 Å². The predicted molar refractivity (Wildman–Crippen MR) is 189 cm³/mol. The lowest BCUT2D eigenvalue weighted by atomic mass is 9.71. The number of aryl methyl sites for hydroxylation is 1. The Balaban J connectivity index is 0.00000276. The topological polar surface area (TPSA) is 52.7 Å². The van der Waals surface area contributed by atoms with E-state index < -0.39 is 15.4 Å². The molecule has 4 aromatic carbocycles. The van der Waals surface area contributed by atoms with Crippen molar-refractivity contribution in [3.63, 3.8) is 0 Å². The number of anilines is 1. The van der Waals surface area contributed by atoms with E-state index in [2.05, 4.69) is 14.5 Å². The molecular weight excluding hydrogens is 675 g/mol. The Kier molecular flexibility index (Phi) is 13.6. The quantitative estimate of drug-likeness (QED) is 0.171. The van der Waals surface area contributed by atoms with Crippen molar-refractivity contribution in [1.82, 2.24) is 9.62 Å². The molecule has 1 fully saturated rings. The molecule has 0 aliphatic carbocycles. The van der Waals surface area contributed by atoms with Crippen LogP contribution in [0.3, 0.4) is 0 Å². The number of benzene rings is 4. The number of hydrogen-bond donors (Lipinski definition) is 1. The third-order valence-corrected chi connectivity index (χ3v) is 10.3. The zero-order valence-corrected chi connectivity index (χ0v) is 28.9. The minimum atomic E-state index is -3.76. The highest BCUT2D eigenvalue weighted by molar-refractivity contribution is 7.89. The molecule has 0 unspecified atom stereocenters. The monoisotopic (exact) mass is 711 g/mol. The fourth-order valence-electron chi connectivity index (χ4n) is 5.79. The summed E-state index contributed by atoms with van der Waals surface area (Å²) in [6.45, 7) is 6.48. The maximum absolute atomic E-state index is 13.5. The van der Waals surface area contributed by atoms with Crippen molar-refractivity contribution in [3.8, 4) is 0 Å². The van der Waals surface area contributed by atoms with Gasteiger partial charge in [0.15, 0.2) is 0 Å². The van der Waals surface area contributed by atoms with Gasteiger partial charge in [-0.1, -0.05) is 65.2 Å². The van der Waals surface area contributed by atoms with Crippen molar-refractivity contribution in [2.75, 3.05) is 44.2 Å². The third kappa shape index (κ3) is 9.35. The first-order valence-corrected chi connectivity index (χ1v) is 16.7. The van der Waals surface area contributed by atoms with E-state index in [4.69, 9.17) is 23.2 Å². The summed E-state index contributed by atoms with van der Waals surface area (Å²) < 4.78 is 43.2. The van der Waals surface area contributed by atoms with Crippen LogP contribution in [-0.4, -0.2) is 52.6 Å². The molecule has 0 spiro atoms. The lowest BCUT2D eigenvalue weighted by Crippen LogP contribution is -2.47. The van der Waals surface area contributed by atoms with Crippen molar-refractivity contribution in [2.45, 2.75) is 30.1 Å². The predicted octanol–water partition coefficient (Wildman–Crippen LogP) is 8.15. The lowest BCUT2D eigenvalue weighted by Gasteiger charge is -2.38. The summed E-state index contributed by atoms with van der Waals surface area (Å²) in [5.41, 5.74) is 3.32. The van der Waals surface area contributed by atoms with E-state index in [1.165, 1.54) is 12.1 Å². The van der Waals surface area contributed by atoms with Crippen molar-refractivity contribution < 1.29 is 12.8 Å². The number of sulfonamides is 1. The van der Waals surface area contributed by atoms with E-state index in [1.807, 2.05) is 67.6 Å². The molecule has 5 nitrogen and oxygen atoms in total. The average Bonchev–Trinajstić information content (AvgIpc) is 3.01. The maximum atomic E-state index is 13.5. The summed E-state index contributed by atoms with van der Waals surface area (Å²) in [5.74, 6) is -0.228. The highest BCUT2D eigenvalue weighted by Gasteiger charge is 2.36. The molecule has 1 aliphatic rings. The standard InChI is InChI=1S/C34H36Cl2FN3O2S.2ClH/c1-26-3-17-33(18-4-26)43(41,42)38-25-34(27-5-9-29(35)10-6-27,28-7-11-30(36)12-8-28)19-2-20-39-21-23-40(24-22-39)32-15-13-31(37)14-16-32;;/h3-18,38H,2,19-25H2,1H3;2*1H. The molecule has 0 atom stereocenters. The summed E-state index contributed by atoms with van der Waals surface area (Å²) in [6, 6.07) is 28.9. The first-order valence-electron chi connectivity index (χ1n) is 14.5. The number of nitrogens with one attached hydrogen (secondary N) is 1. The van der Waals surface area contributed by atoms with Gasteiger partial charge in [-0.15, -0.1) is 24.8 Å². The summed E-state index contributed by atoms with van der Waals surface area (Å²) in [4.78, 5) is 4.95. The number of nitrogens with zero attached hydrogens (tertiary/aromatic N) is 2. The molecule has 11 heteroatoms. The molecule has 1 aliphatic heterocycles. The van der Waals surface area contributed by atoms with Crippen molar-refractivity contribution in [2.24, 2.45) is 0 Å². The second kappa shape index (κ2) is 16.5. The maximum Gasteiger partial charge on any atom is 0.240 e. The largest absolute Gasteiger partial charge is 0.369 e. The Labute approximate surface area is 288 Å². The van der Waals surface area contributed by atoms with Crippen LogP contribution in [0.5, 0.6) is 0 Å². The molecule has 0 bridgehead atoms. The third-order valence-electron chi connectivity index (χ3n) is 8.33. The minimum Gasteiger partial charge on any atom is -0.369 e. The Morgan fingerprint density at radius 2 is 1.27 bits per heavy atom. The van der Waals surface area contributed by atoms with Crippen LogP contribution in [0.4, 0.5) is 10.1 Å². The van der Waals surface area contributed by atoms with Crippen LogP contribution in [0.1, 0.15) is 29.5 Å². The Morgan fingerprint density at radius 1 is 0.756 bits per heavy atom. The molecule has 1 saturated heterocycles. The van der Waals surface area contributed by atoms with Crippen LogP contribution in [0.25, 0.3) is 0 Å². The van der Waals surface area contributed by atoms with E-state index >= 15 is 0 Å². The second-order valence-corrected chi connectivity index (χ2v) is 13.8. The smallest absolute Gasteiger partial charge is 0.240 e. The van der Waals surface area contributed by atoms with Gasteiger partial charge < -0.3 is 4.90 Å². The van der Waals surface area contributed by atoms with E-state index in [0.29, 0.717) is 16.5 Å². The Bertz CT molecular complexity index is 1550. The van der Waals surface area contributed by atoms with E-state index in [9.17, 15) is 12.8 Å². The van der Waals surface area contributed by atoms with E-state index in [-0.39, 0.29) is 42.1 Å². The number of piperazine rings is 1. The zero-order chi connectivity index (χ0) is 30.5. The first-order chi connectivity index (χ1) is 20.6. The molecule has 1 heterocycles. The normalized spacial score (nSPS) is 14.0. The highest BCUT2D eigenvalue weighted by Crippen LogP contribution is 2.38. The van der Waals surface area contributed by atoms with Gasteiger partial charge in [-0.05, 0) is 98.1 Å². The van der Waals surface area contributed by atoms with Gasteiger partial charge in [-0.3, -0.25) is 4.90 Å². The zero-order valence-electron chi connectivity index (χ0n) is 25.0. The molecule has 0 amide bonds. The van der Waals surface area contributed by atoms with Crippen LogP contribution in [0.2, 0.25) is 10.0 Å². The van der Waals surface area contributed by atoms with Crippen molar-refractivity contribution >= 4 is 63.7 Å². The molecule has 0 radical (unpaired) electrons. The summed E-state index contributed by atoms with van der Waals surface area (Å²) >= 11 is 12.6. The van der Waals surface area contributed by atoms with Gasteiger partial charge in [0.1, 0.15) is 5.82 Å². The molecule has 5 rings (SSSR count). The van der Waals surface area contributed by atoms with E-state index in [0.717, 1.165) is 61.5 Å². The van der Waals surface area contributed by atoms with Gasteiger partial charge in [0.2, 0.25) is 10.0 Å². The van der Waals surface area contributed by atoms with Gasteiger partial charge >= 0.3 is 0 Å². The van der Waals surface area contributed by atoms with Crippen LogP contribution in [0.15, 0.2) is 102 Å². The summed E-state index contributed by atoms with van der Waals surface area (Å²) in [6.07, 6.45) is 1.54. The molecule has 1 N–H and O–H groups in total. The number of halogens is 5. The van der Waals surface area contributed by atoms with Crippen molar-refractivity contribution in [3.05, 3.63) is 130 Å². The highest BCUT2D eigenvalue weighted by atomic mass is 35.5. The van der Waals surface area contributed by atoms with Gasteiger partial charge in [0, 0.05) is 53.9 Å². The van der Waals surface area contributed by atoms with Crippen LogP contribution in [-0.2, 0) is 15.4 Å². The first kappa shape index (κ1) is 37.1. The van der Waals surface area contributed by atoms with Crippen LogP contribution < -0.4 is 9.62 Å². The summed E-state index contributed by atoms with van der Waals surface area (Å²) in [5, 5.41) is 1.24. The minimum absolute atomic E-state index is 0. The van der Waals surface area contributed by atoms with Gasteiger partial charge in [0.05, 0.1) is 4.90 Å². The lowest BCUT2D eigenvalue weighted by molar-refractivity contribution is 0.245. The van der Waals surface area contributed by atoms with Gasteiger partial charge in [-0.25, -0.2) is 17.5 Å².